The molecule has 0 aromatic rings. The van der Waals surface area contributed by atoms with Gasteiger partial charge in [-0.25, -0.2) is 0 Å². The molecule has 1 saturated carbocycles. The molecule has 1 aliphatic rings. The zero-order valence-corrected chi connectivity index (χ0v) is 9.31. The number of allylic oxidation sites excluding steroid dienone is 1. The maximum absolute atomic E-state index is 11.3. The van der Waals surface area contributed by atoms with E-state index in [0.29, 0.717) is 5.41 Å². The molecule has 0 atom stereocenters. The Morgan fingerprint density at radius 2 is 2.07 bits per heavy atom. The lowest BCUT2D eigenvalue weighted by Gasteiger charge is -2.27. The maximum atomic E-state index is 11.3. The summed E-state index contributed by atoms with van der Waals surface area (Å²) in [6.45, 7) is 4.95. The molecule has 0 aliphatic heterocycles. The highest BCUT2D eigenvalue weighted by atomic mass is 16.1. The van der Waals surface area contributed by atoms with Gasteiger partial charge in [0.1, 0.15) is 0 Å². The lowest BCUT2D eigenvalue weighted by Crippen LogP contribution is -2.34. The maximum Gasteiger partial charge on any atom is 0.243 e. The minimum absolute atomic E-state index is 0.0484. The first-order valence-corrected chi connectivity index (χ1v) is 5.63. The SMILES string of the molecule is C/C=C/C(=O)NCC1(CC)CCCC1. The molecule has 1 amide bonds. The molecule has 0 spiro atoms. The Morgan fingerprint density at radius 1 is 1.43 bits per heavy atom. The van der Waals surface area contributed by atoms with Crippen LogP contribution in [0, 0.1) is 5.41 Å². The molecule has 0 heterocycles. The Balaban J connectivity index is 2.38. The summed E-state index contributed by atoms with van der Waals surface area (Å²) < 4.78 is 0. The third kappa shape index (κ3) is 2.86. The Labute approximate surface area is 86.8 Å². The zero-order valence-electron chi connectivity index (χ0n) is 9.31. The molecule has 2 heteroatoms. The van der Waals surface area contributed by atoms with Gasteiger partial charge in [0.05, 0.1) is 0 Å². The van der Waals surface area contributed by atoms with E-state index in [-0.39, 0.29) is 5.91 Å². The first-order chi connectivity index (χ1) is 6.72. The van der Waals surface area contributed by atoms with Gasteiger partial charge in [0.25, 0.3) is 0 Å². The van der Waals surface area contributed by atoms with Crippen LogP contribution in [0.2, 0.25) is 0 Å². The van der Waals surface area contributed by atoms with Crippen LogP contribution in [-0.4, -0.2) is 12.5 Å². The average Bonchev–Trinajstić information content (AvgIpc) is 2.65. The van der Waals surface area contributed by atoms with Crippen molar-refractivity contribution in [2.45, 2.75) is 46.0 Å². The predicted molar refractivity (Wildman–Crippen MR) is 59.0 cm³/mol. The lowest BCUT2D eigenvalue weighted by atomic mass is 9.83. The van der Waals surface area contributed by atoms with Crippen molar-refractivity contribution in [1.29, 1.82) is 0 Å². The Morgan fingerprint density at radius 3 is 2.57 bits per heavy atom. The summed E-state index contributed by atoms with van der Waals surface area (Å²) in [5.41, 5.74) is 0.400. The van der Waals surface area contributed by atoms with E-state index in [1.165, 1.54) is 32.1 Å². The van der Waals surface area contributed by atoms with Crippen molar-refractivity contribution >= 4 is 5.91 Å². The summed E-state index contributed by atoms with van der Waals surface area (Å²) in [5, 5.41) is 2.99. The van der Waals surface area contributed by atoms with Gasteiger partial charge in [0, 0.05) is 6.54 Å². The van der Waals surface area contributed by atoms with E-state index in [9.17, 15) is 4.79 Å². The van der Waals surface area contributed by atoms with Gasteiger partial charge in [-0.1, -0.05) is 25.8 Å². The van der Waals surface area contributed by atoms with Gasteiger partial charge in [0.2, 0.25) is 5.91 Å². The van der Waals surface area contributed by atoms with E-state index >= 15 is 0 Å². The number of carbonyl (C=O) groups excluding carboxylic acids is 1. The summed E-state index contributed by atoms with van der Waals surface area (Å²) in [6, 6.07) is 0. The molecule has 0 radical (unpaired) electrons. The minimum atomic E-state index is 0.0484. The predicted octanol–water partition coefficient (Wildman–Crippen LogP) is 2.65. The normalized spacial score (nSPS) is 20.1. The van der Waals surface area contributed by atoms with Crippen molar-refractivity contribution in [2.75, 3.05) is 6.54 Å². The number of hydrogen-bond acceptors (Lipinski definition) is 1. The van der Waals surface area contributed by atoms with Crippen molar-refractivity contribution in [3.63, 3.8) is 0 Å². The second kappa shape index (κ2) is 5.18. The quantitative estimate of drug-likeness (QED) is 0.686. The smallest absolute Gasteiger partial charge is 0.243 e. The van der Waals surface area contributed by atoms with Crippen LogP contribution in [-0.2, 0) is 4.79 Å². The molecule has 0 unspecified atom stereocenters. The highest BCUT2D eigenvalue weighted by Crippen LogP contribution is 2.40. The Bertz CT molecular complexity index is 214. The Hall–Kier alpha value is -0.790. The fraction of sp³-hybridized carbons (Fsp3) is 0.750. The summed E-state index contributed by atoms with van der Waals surface area (Å²) in [5.74, 6) is 0.0484. The third-order valence-electron chi connectivity index (χ3n) is 3.37. The largest absolute Gasteiger partial charge is 0.352 e. The van der Waals surface area contributed by atoms with Gasteiger partial charge >= 0.3 is 0 Å². The zero-order chi connectivity index (χ0) is 10.4. The van der Waals surface area contributed by atoms with Gasteiger partial charge in [-0.2, -0.15) is 0 Å². The van der Waals surface area contributed by atoms with E-state index in [4.69, 9.17) is 0 Å². The van der Waals surface area contributed by atoms with Crippen LogP contribution in [0.3, 0.4) is 0 Å². The van der Waals surface area contributed by atoms with Gasteiger partial charge in [-0.3, -0.25) is 4.79 Å². The molecular formula is C12H21NO. The fourth-order valence-corrected chi connectivity index (χ4v) is 2.27. The molecule has 0 aromatic heterocycles. The van der Waals surface area contributed by atoms with Crippen molar-refractivity contribution in [3.8, 4) is 0 Å². The lowest BCUT2D eigenvalue weighted by molar-refractivity contribution is -0.117. The number of carbonyl (C=O) groups is 1. The second-order valence-corrected chi connectivity index (χ2v) is 4.28. The molecule has 1 rings (SSSR count). The van der Waals surface area contributed by atoms with Crippen molar-refractivity contribution in [2.24, 2.45) is 5.41 Å². The van der Waals surface area contributed by atoms with Gasteiger partial charge in [-0.15, -0.1) is 0 Å². The van der Waals surface area contributed by atoms with E-state index < -0.39 is 0 Å². The van der Waals surface area contributed by atoms with Crippen molar-refractivity contribution < 1.29 is 4.79 Å². The standard InChI is InChI=1S/C12H21NO/c1-3-7-11(14)13-10-12(4-2)8-5-6-9-12/h3,7H,4-6,8-10H2,1-2H3,(H,13,14)/b7-3+. The van der Waals surface area contributed by atoms with Gasteiger partial charge < -0.3 is 5.32 Å². The number of amides is 1. The Kier molecular flexibility index (Phi) is 4.18. The van der Waals surface area contributed by atoms with Crippen molar-refractivity contribution in [1.82, 2.24) is 5.32 Å². The van der Waals surface area contributed by atoms with E-state index in [1.807, 2.05) is 6.92 Å². The van der Waals surface area contributed by atoms with E-state index in [1.54, 1.807) is 12.2 Å². The molecular weight excluding hydrogens is 174 g/mol. The van der Waals surface area contributed by atoms with Gasteiger partial charge in [0.15, 0.2) is 0 Å². The molecule has 1 fully saturated rings. The second-order valence-electron chi connectivity index (χ2n) is 4.28. The topological polar surface area (TPSA) is 29.1 Å². The molecule has 1 aliphatic carbocycles. The number of hydrogen-bond donors (Lipinski definition) is 1. The summed E-state index contributed by atoms with van der Waals surface area (Å²) in [7, 11) is 0. The third-order valence-corrected chi connectivity index (χ3v) is 3.37. The number of nitrogens with one attached hydrogen (secondary N) is 1. The van der Waals surface area contributed by atoms with Crippen LogP contribution in [0.4, 0.5) is 0 Å². The number of rotatable bonds is 4. The molecule has 14 heavy (non-hydrogen) atoms. The monoisotopic (exact) mass is 195 g/mol. The van der Waals surface area contributed by atoms with Gasteiger partial charge in [-0.05, 0) is 37.7 Å². The first-order valence-electron chi connectivity index (χ1n) is 5.63. The van der Waals surface area contributed by atoms with E-state index in [2.05, 4.69) is 12.2 Å². The first kappa shape index (κ1) is 11.3. The van der Waals surface area contributed by atoms with Crippen LogP contribution in [0.1, 0.15) is 46.0 Å². The average molecular weight is 195 g/mol. The molecule has 1 N–H and O–H groups in total. The van der Waals surface area contributed by atoms with Crippen molar-refractivity contribution in [3.05, 3.63) is 12.2 Å². The van der Waals surface area contributed by atoms with Crippen LogP contribution < -0.4 is 5.32 Å². The van der Waals surface area contributed by atoms with Crippen LogP contribution >= 0.6 is 0 Å². The van der Waals surface area contributed by atoms with E-state index in [0.717, 1.165) is 6.54 Å². The summed E-state index contributed by atoms with van der Waals surface area (Å²) in [4.78, 5) is 11.3. The minimum Gasteiger partial charge on any atom is -0.352 e. The fourth-order valence-electron chi connectivity index (χ4n) is 2.27. The summed E-state index contributed by atoms with van der Waals surface area (Å²) >= 11 is 0. The summed E-state index contributed by atoms with van der Waals surface area (Å²) in [6.07, 6.45) is 9.77. The molecule has 0 bridgehead atoms. The van der Waals surface area contributed by atoms with Crippen LogP contribution in [0.5, 0.6) is 0 Å². The molecule has 2 nitrogen and oxygen atoms in total. The highest BCUT2D eigenvalue weighted by Gasteiger charge is 2.31. The molecule has 0 aromatic carbocycles. The highest BCUT2D eigenvalue weighted by molar-refractivity contribution is 5.87. The molecule has 0 saturated heterocycles. The molecule has 80 valence electrons. The van der Waals surface area contributed by atoms with Crippen LogP contribution in [0.25, 0.3) is 0 Å². The van der Waals surface area contributed by atoms with Crippen LogP contribution in [0.15, 0.2) is 12.2 Å².